The van der Waals surface area contributed by atoms with Gasteiger partial charge in [0.05, 0.1) is 15.6 Å². The fourth-order valence-electron chi connectivity index (χ4n) is 2.31. The molecule has 1 heterocycles. The number of primary amides is 1. The summed E-state index contributed by atoms with van der Waals surface area (Å²) in [4.78, 5) is 16.5. The number of nitrogens with zero attached hydrogens (tertiary/aromatic N) is 1. The maximum absolute atomic E-state index is 11.9. The van der Waals surface area contributed by atoms with E-state index in [0.29, 0.717) is 26.9 Å². The first-order chi connectivity index (χ1) is 11.0. The average Bonchev–Trinajstić information content (AvgIpc) is 2.49. The summed E-state index contributed by atoms with van der Waals surface area (Å²) in [6, 6.07) is 4.77. The molecule has 2 rings (SSSR count). The Bertz CT molecular complexity index is 673. The number of rotatable bonds is 5. The lowest BCUT2D eigenvalue weighted by Gasteiger charge is -2.26. The van der Waals surface area contributed by atoms with Gasteiger partial charge >= 0.3 is 0 Å². The van der Waals surface area contributed by atoms with Crippen LogP contribution in [-0.2, 0) is 4.79 Å². The van der Waals surface area contributed by atoms with Gasteiger partial charge in [-0.25, -0.2) is 4.99 Å². The smallest absolute Gasteiger partial charge is 0.248 e. The zero-order valence-electron chi connectivity index (χ0n) is 13.0. The lowest BCUT2D eigenvalue weighted by atomic mass is 9.96. The first-order valence-corrected chi connectivity index (χ1v) is 9.12. The number of hydrogen-bond donors (Lipinski definition) is 2. The second-order valence-electron chi connectivity index (χ2n) is 5.21. The first kappa shape index (κ1) is 18.2. The number of unbranched alkanes of at least 4 members (excludes halogenated alkanes) is 1. The summed E-state index contributed by atoms with van der Waals surface area (Å²) in [5.41, 5.74) is 7.35. The van der Waals surface area contributed by atoms with Crippen LogP contribution in [0.15, 0.2) is 34.5 Å². The van der Waals surface area contributed by atoms with E-state index in [2.05, 4.69) is 17.2 Å². The molecule has 1 aliphatic rings. The van der Waals surface area contributed by atoms with Gasteiger partial charge in [-0.1, -0.05) is 60.4 Å². The van der Waals surface area contributed by atoms with Crippen molar-refractivity contribution in [3.05, 3.63) is 45.1 Å². The summed E-state index contributed by atoms with van der Waals surface area (Å²) < 4.78 is 0. The summed E-state index contributed by atoms with van der Waals surface area (Å²) in [7, 11) is 0. The third-order valence-corrected chi connectivity index (χ3v) is 5.30. The van der Waals surface area contributed by atoms with Crippen LogP contribution in [0.1, 0.15) is 38.3 Å². The maximum atomic E-state index is 11.9. The zero-order valence-corrected chi connectivity index (χ0v) is 15.4. The highest BCUT2D eigenvalue weighted by Crippen LogP contribution is 2.38. The number of amides is 1. The van der Waals surface area contributed by atoms with Crippen LogP contribution in [0.4, 0.5) is 0 Å². The standard InChI is InChI=1S/C16H19Cl2N3OS/c1-3-4-8-23-16-20-9(2)12(15(19)22)14(21-16)10-6-5-7-11(17)13(10)18/h5-7,14H,3-4,8H2,1-2H3,(H2,19,22)(H,20,21)/t14-/m1/s1. The third-order valence-electron chi connectivity index (χ3n) is 3.50. The Labute approximate surface area is 150 Å². The van der Waals surface area contributed by atoms with Crippen molar-refractivity contribution in [1.29, 1.82) is 0 Å². The quantitative estimate of drug-likeness (QED) is 0.758. The second-order valence-corrected chi connectivity index (χ2v) is 7.08. The van der Waals surface area contributed by atoms with Crippen molar-refractivity contribution in [3.63, 3.8) is 0 Å². The van der Waals surface area contributed by atoms with E-state index in [-0.39, 0.29) is 0 Å². The summed E-state index contributed by atoms with van der Waals surface area (Å²) in [5, 5.41) is 4.75. The number of halogens is 2. The van der Waals surface area contributed by atoms with Gasteiger partial charge in [-0.15, -0.1) is 0 Å². The van der Waals surface area contributed by atoms with E-state index in [9.17, 15) is 4.79 Å². The minimum atomic E-state index is -0.538. The summed E-state index contributed by atoms with van der Waals surface area (Å²) in [6.07, 6.45) is 2.21. The largest absolute Gasteiger partial charge is 0.366 e. The van der Waals surface area contributed by atoms with E-state index in [0.717, 1.165) is 23.8 Å². The Morgan fingerprint density at radius 2 is 2.17 bits per heavy atom. The van der Waals surface area contributed by atoms with E-state index < -0.39 is 11.9 Å². The summed E-state index contributed by atoms with van der Waals surface area (Å²) in [5.74, 6) is 0.440. The molecule has 0 aromatic heterocycles. The molecule has 1 aromatic rings. The number of allylic oxidation sites excluding steroid dienone is 1. The Morgan fingerprint density at radius 3 is 2.83 bits per heavy atom. The molecule has 0 bridgehead atoms. The normalized spacial score (nSPS) is 17.7. The number of thioether (sulfide) groups is 1. The van der Waals surface area contributed by atoms with Crippen LogP contribution >= 0.6 is 35.0 Å². The molecule has 1 amide bonds. The molecule has 23 heavy (non-hydrogen) atoms. The Balaban J connectivity index is 2.42. The number of hydrogen-bond acceptors (Lipinski definition) is 4. The molecule has 7 heteroatoms. The van der Waals surface area contributed by atoms with Crippen molar-refractivity contribution in [2.75, 3.05) is 5.75 Å². The van der Waals surface area contributed by atoms with Gasteiger partial charge in [0.15, 0.2) is 5.17 Å². The van der Waals surface area contributed by atoms with Gasteiger partial charge in [0.1, 0.15) is 6.04 Å². The first-order valence-electron chi connectivity index (χ1n) is 7.37. The van der Waals surface area contributed by atoms with Crippen molar-refractivity contribution in [2.45, 2.75) is 32.7 Å². The van der Waals surface area contributed by atoms with E-state index in [4.69, 9.17) is 28.9 Å². The average molecular weight is 372 g/mol. The number of nitrogens with one attached hydrogen (secondary N) is 1. The number of carbonyl (C=O) groups excluding carboxylic acids is 1. The summed E-state index contributed by atoms with van der Waals surface area (Å²) >= 11 is 14.0. The van der Waals surface area contributed by atoms with E-state index in [1.807, 2.05) is 13.0 Å². The fourth-order valence-corrected chi connectivity index (χ4v) is 3.75. The Morgan fingerprint density at radius 1 is 1.43 bits per heavy atom. The van der Waals surface area contributed by atoms with Crippen molar-refractivity contribution in [2.24, 2.45) is 10.7 Å². The van der Waals surface area contributed by atoms with Crippen LogP contribution in [0.3, 0.4) is 0 Å². The molecule has 0 unspecified atom stereocenters. The van der Waals surface area contributed by atoms with Gasteiger partial charge in [-0.3, -0.25) is 4.79 Å². The second kappa shape index (κ2) is 8.08. The zero-order chi connectivity index (χ0) is 17.0. The van der Waals surface area contributed by atoms with Crippen LogP contribution < -0.4 is 11.1 Å². The molecule has 0 radical (unpaired) electrons. The number of nitrogens with two attached hydrogens (primary N) is 1. The molecule has 0 saturated carbocycles. The van der Waals surface area contributed by atoms with Crippen molar-refractivity contribution >= 4 is 46.0 Å². The number of aliphatic imine (C=N–C) groups is 1. The molecule has 0 fully saturated rings. The molecule has 0 spiro atoms. The van der Waals surface area contributed by atoms with Crippen LogP contribution in [0.5, 0.6) is 0 Å². The number of benzene rings is 1. The molecule has 0 aliphatic carbocycles. The maximum Gasteiger partial charge on any atom is 0.248 e. The lowest BCUT2D eigenvalue weighted by Crippen LogP contribution is -2.32. The minimum Gasteiger partial charge on any atom is -0.366 e. The van der Waals surface area contributed by atoms with Crippen LogP contribution in [-0.4, -0.2) is 16.8 Å². The van der Waals surface area contributed by atoms with Crippen molar-refractivity contribution in [1.82, 2.24) is 5.32 Å². The molecule has 124 valence electrons. The van der Waals surface area contributed by atoms with Crippen LogP contribution in [0.25, 0.3) is 0 Å². The molecule has 1 aliphatic heterocycles. The Kier molecular flexibility index (Phi) is 6.39. The molecule has 0 saturated heterocycles. The molecule has 4 nitrogen and oxygen atoms in total. The fraction of sp³-hybridized carbons (Fsp3) is 0.375. The molecular formula is C16H19Cl2N3OS. The predicted octanol–water partition coefficient (Wildman–Crippen LogP) is 4.29. The van der Waals surface area contributed by atoms with E-state index in [1.165, 1.54) is 0 Å². The monoisotopic (exact) mass is 371 g/mol. The highest BCUT2D eigenvalue weighted by Gasteiger charge is 2.29. The predicted molar refractivity (Wildman–Crippen MR) is 99.0 cm³/mol. The molecule has 1 atom stereocenters. The van der Waals surface area contributed by atoms with Gasteiger partial charge < -0.3 is 11.1 Å². The van der Waals surface area contributed by atoms with Gasteiger partial charge in [-0.2, -0.15) is 0 Å². The number of amidine groups is 1. The molecule has 3 N–H and O–H groups in total. The molecule has 1 aromatic carbocycles. The minimum absolute atomic E-state index is 0.397. The van der Waals surface area contributed by atoms with Gasteiger partial charge in [-0.05, 0) is 19.4 Å². The van der Waals surface area contributed by atoms with Crippen molar-refractivity contribution < 1.29 is 4.79 Å². The summed E-state index contributed by atoms with van der Waals surface area (Å²) in [6.45, 7) is 3.96. The van der Waals surface area contributed by atoms with E-state index in [1.54, 1.807) is 23.9 Å². The topological polar surface area (TPSA) is 67.5 Å². The van der Waals surface area contributed by atoms with Crippen LogP contribution in [0.2, 0.25) is 10.0 Å². The lowest BCUT2D eigenvalue weighted by molar-refractivity contribution is -0.114. The number of carbonyl (C=O) groups is 1. The highest BCUT2D eigenvalue weighted by atomic mass is 35.5. The highest BCUT2D eigenvalue weighted by molar-refractivity contribution is 8.13. The van der Waals surface area contributed by atoms with Crippen molar-refractivity contribution in [3.8, 4) is 0 Å². The SMILES string of the molecule is CCCCSC1=N[C@H](c2cccc(Cl)c2Cl)C(C(N)=O)=C(C)N1. The Hall–Kier alpha value is -1.17. The van der Waals surface area contributed by atoms with Gasteiger partial charge in [0, 0.05) is 17.0 Å². The third kappa shape index (κ3) is 4.22. The van der Waals surface area contributed by atoms with Gasteiger partial charge in [0.25, 0.3) is 0 Å². The van der Waals surface area contributed by atoms with Gasteiger partial charge in [0.2, 0.25) is 5.91 Å². The molecular weight excluding hydrogens is 353 g/mol. The van der Waals surface area contributed by atoms with E-state index >= 15 is 0 Å². The van der Waals surface area contributed by atoms with Crippen LogP contribution in [0, 0.1) is 0 Å².